The zero-order chi connectivity index (χ0) is 22.7. The van der Waals surface area contributed by atoms with E-state index in [0.29, 0.717) is 11.4 Å². The summed E-state index contributed by atoms with van der Waals surface area (Å²) in [6.45, 7) is 2.11. The van der Waals surface area contributed by atoms with Gasteiger partial charge in [0.15, 0.2) is 0 Å². The molecule has 8 heteroatoms. The Labute approximate surface area is 187 Å². The highest BCUT2D eigenvalue weighted by Crippen LogP contribution is 2.18. The predicted molar refractivity (Wildman–Crippen MR) is 124 cm³/mol. The van der Waals surface area contributed by atoms with Crippen LogP contribution < -0.4 is 10.0 Å². The van der Waals surface area contributed by atoms with E-state index in [-0.39, 0.29) is 29.5 Å². The van der Waals surface area contributed by atoms with Crippen molar-refractivity contribution in [2.24, 2.45) is 7.05 Å². The minimum absolute atomic E-state index is 0.0869. The van der Waals surface area contributed by atoms with Crippen molar-refractivity contribution in [3.05, 3.63) is 95.3 Å². The number of aryl methyl sites for hydroxylation is 2. The van der Waals surface area contributed by atoms with Crippen LogP contribution >= 0.6 is 0 Å². The summed E-state index contributed by atoms with van der Waals surface area (Å²) in [7, 11) is -1.89. The number of carbonyl (C=O) groups excluding carboxylic acids is 1. The Morgan fingerprint density at radius 1 is 0.969 bits per heavy atom. The van der Waals surface area contributed by atoms with Gasteiger partial charge in [-0.25, -0.2) is 18.1 Å². The van der Waals surface area contributed by atoms with Gasteiger partial charge in [0, 0.05) is 19.2 Å². The van der Waals surface area contributed by atoms with Crippen molar-refractivity contribution in [2.45, 2.75) is 24.9 Å². The van der Waals surface area contributed by atoms with Crippen molar-refractivity contribution in [1.82, 2.24) is 19.6 Å². The number of sulfonamides is 1. The first kappa shape index (κ1) is 21.7. The van der Waals surface area contributed by atoms with Crippen LogP contribution in [0.15, 0.2) is 77.7 Å². The Morgan fingerprint density at radius 3 is 2.44 bits per heavy atom. The van der Waals surface area contributed by atoms with Crippen LogP contribution in [-0.2, 0) is 30.2 Å². The average Bonchev–Trinajstić information content (AvgIpc) is 3.13. The topological polar surface area (TPSA) is 93.1 Å². The summed E-state index contributed by atoms with van der Waals surface area (Å²) in [6, 6.07) is 21.7. The molecule has 0 aliphatic carbocycles. The second kappa shape index (κ2) is 8.94. The van der Waals surface area contributed by atoms with Gasteiger partial charge in [0.1, 0.15) is 5.82 Å². The molecule has 1 heterocycles. The van der Waals surface area contributed by atoms with Gasteiger partial charge in [-0.1, -0.05) is 48.5 Å². The molecule has 1 amide bonds. The van der Waals surface area contributed by atoms with Gasteiger partial charge in [0.25, 0.3) is 5.91 Å². The molecular weight excluding hydrogens is 424 g/mol. The number of benzene rings is 3. The Hall–Kier alpha value is -3.49. The van der Waals surface area contributed by atoms with Crippen molar-refractivity contribution in [3.63, 3.8) is 0 Å². The fraction of sp³-hybridized carbons (Fsp3) is 0.167. The zero-order valence-electron chi connectivity index (χ0n) is 17.9. The van der Waals surface area contributed by atoms with Gasteiger partial charge in [-0.05, 0) is 42.3 Å². The number of carbonyl (C=O) groups is 1. The monoisotopic (exact) mass is 448 g/mol. The van der Waals surface area contributed by atoms with Crippen LogP contribution in [0.1, 0.15) is 27.3 Å². The molecule has 7 nitrogen and oxygen atoms in total. The first-order chi connectivity index (χ1) is 15.3. The molecule has 0 aliphatic heterocycles. The summed E-state index contributed by atoms with van der Waals surface area (Å²) < 4.78 is 30.3. The summed E-state index contributed by atoms with van der Waals surface area (Å²) in [6.07, 6.45) is 0. The van der Waals surface area contributed by atoms with E-state index in [1.807, 2.05) is 66.2 Å². The lowest BCUT2D eigenvalue weighted by Gasteiger charge is -2.12. The maximum Gasteiger partial charge on any atom is 0.251 e. The van der Waals surface area contributed by atoms with E-state index in [4.69, 9.17) is 0 Å². The van der Waals surface area contributed by atoms with Crippen molar-refractivity contribution in [3.8, 4) is 0 Å². The first-order valence-electron chi connectivity index (χ1n) is 10.2. The number of aromatic nitrogens is 2. The maximum absolute atomic E-state index is 12.9. The Kier molecular flexibility index (Phi) is 6.07. The fourth-order valence-electron chi connectivity index (χ4n) is 3.50. The Bertz CT molecular complexity index is 1380. The van der Waals surface area contributed by atoms with Gasteiger partial charge in [-0.15, -0.1) is 0 Å². The highest BCUT2D eigenvalue weighted by molar-refractivity contribution is 7.89. The molecule has 0 fully saturated rings. The quantitative estimate of drug-likeness (QED) is 0.454. The van der Waals surface area contributed by atoms with E-state index in [9.17, 15) is 13.2 Å². The smallest absolute Gasteiger partial charge is 0.251 e. The molecule has 0 radical (unpaired) electrons. The van der Waals surface area contributed by atoms with E-state index in [2.05, 4.69) is 15.0 Å². The number of hydrogen-bond donors (Lipinski definition) is 2. The number of amides is 1. The van der Waals surface area contributed by atoms with Crippen molar-refractivity contribution < 1.29 is 13.2 Å². The SMILES string of the molecule is Cc1ccc(C(=O)NCc2nc3ccccc3n2C)cc1S(=O)(=O)NCc1ccccc1. The van der Waals surface area contributed by atoms with Crippen molar-refractivity contribution in [2.75, 3.05) is 0 Å². The van der Waals surface area contributed by atoms with Gasteiger partial charge in [0.05, 0.1) is 22.5 Å². The number of nitrogens with one attached hydrogen (secondary N) is 2. The second-order valence-electron chi connectivity index (χ2n) is 7.55. The van der Waals surface area contributed by atoms with E-state index in [1.165, 1.54) is 6.07 Å². The summed E-state index contributed by atoms with van der Waals surface area (Å²) >= 11 is 0. The molecule has 2 N–H and O–H groups in total. The minimum Gasteiger partial charge on any atom is -0.345 e. The molecule has 0 saturated heterocycles. The van der Waals surface area contributed by atoms with E-state index in [1.54, 1.807) is 19.1 Å². The zero-order valence-corrected chi connectivity index (χ0v) is 18.7. The van der Waals surface area contributed by atoms with Crippen LogP contribution in [0.3, 0.4) is 0 Å². The summed E-state index contributed by atoms with van der Waals surface area (Å²) in [4.78, 5) is 17.4. The molecule has 0 aliphatic rings. The van der Waals surface area contributed by atoms with E-state index < -0.39 is 10.0 Å². The highest BCUT2D eigenvalue weighted by atomic mass is 32.2. The number of rotatable bonds is 7. The van der Waals surface area contributed by atoms with Gasteiger partial charge in [-0.3, -0.25) is 4.79 Å². The Balaban J connectivity index is 1.49. The van der Waals surface area contributed by atoms with Crippen LogP contribution in [0.2, 0.25) is 0 Å². The fourth-order valence-corrected chi connectivity index (χ4v) is 4.78. The number of para-hydroxylation sites is 2. The molecule has 4 aromatic rings. The third-order valence-electron chi connectivity index (χ3n) is 5.34. The predicted octanol–water partition coefficient (Wildman–Crippen LogP) is 3.29. The number of nitrogens with zero attached hydrogens (tertiary/aromatic N) is 2. The molecular formula is C24H24N4O3S. The highest BCUT2D eigenvalue weighted by Gasteiger charge is 2.19. The first-order valence-corrected chi connectivity index (χ1v) is 11.7. The molecule has 0 saturated carbocycles. The lowest BCUT2D eigenvalue weighted by molar-refractivity contribution is 0.0949. The third kappa shape index (κ3) is 4.56. The van der Waals surface area contributed by atoms with Crippen LogP contribution in [-0.4, -0.2) is 23.9 Å². The van der Waals surface area contributed by atoms with Gasteiger partial charge < -0.3 is 9.88 Å². The third-order valence-corrected chi connectivity index (χ3v) is 6.88. The molecule has 0 bridgehead atoms. The largest absolute Gasteiger partial charge is 0.345 e. The van der Waals surface area contributed by atoms with Gasteiger partial charge >= 0.3 is 0 Å². The van der Waals surface area contributed by atoms with Crippen molar-refractivity contribution in [1.29, 1.82) is 0 Å². The lowest BCUT2D eigenvalue weighted by Crippen LogP contribution is -2.26. The molecule has 0 unspecified atom stereocenters. The van der Waals surface area contributed by atoms with Crippen molar-refractivity contribution >= 4 is 27.0 Å². The van der Waals surface area contributed by atoms with Crippen LogP contribution in [0.5, 0.6) is 0 Å². The lowest BCUT2D eigenvalue weighted by atomic mass is 10.1. The maximum atomic E-state index is 12.9. The van der Waals surface area contributed by atoms with E-state index in [0.717, 1.165) is 16.6 Å². The standard InChI is InChI=1S/C24H24N4O3S/c1-17-12-13-19(14-22(17)32(30,31)26-15-18-8-4-3-5-9-18)24(29)25-16-23-27-20-10-6-7-11-21(20)28(23)2/h3-14,26H,15-16H2,1-2H3,(H,25,29). The summed E-state index contributed by atoms with van der Waals surface area (Å²) in [5, 5.41) is 2.84. The molecule has 1 aromatic heterocycles. The number of hydrogen-bond acceptors (Lipinski definition) is 4. The molecule has 32 heavy (non-hydrogen) atoms. The van der Waals surface area contributed by atoms with Gasteiger partial charge in [0.2, 0.25) is 10.0 Å². The van der Waals surface area contributed by atoms with E-state index >= 15 is 0 Å². The van der Waals surface area contributed by atoms with Crippen LogP contribution in [0.25, 0.3) is 11.0 Å². The molecule has 164 valence electrons. The molecule has 3 aromatic carbocycles. The summed E-state index contributed by atoms with van der Waals surface area (Å²) in [5.41, 5.74) is 3.52. The second-order valence-corrected chi connectivity index (χ2v) is 9.28. The van der Waals surface area contributed by atoms with Crippen LogP contribution in [0, 0.1) is 6.92 Å². The minimum atomic E-state index is -3.78. The summed E-state index contributed by atoms with van der Waals surface area (Å²) in [5.74, 6) is 0.348. The molecule has 0 atom stereocenters. The van der Waals surface area contributed by atoms with Crippen LogP contribution in [0.4, 0.5) is 0 Å². The Morgan fingerprint density at radius 2 is 1.69 bits per heavy atom. The van der Waals surface area contributed by atoms with Gasteiger partial charge in [-0.2, -0.15) is 0 Å². The molecule has 4 rings (SSSR count). The number of imidazole rings is 1. The molecule has 0 spiro atoms. The average molecular weight is 449 g/mol. The normalized spacial score (nSPS) is 11.6. The number of fused-ring (bicyclic) bond motifs is 1.